The first-order valence-electron chi connectivity index (χ1n) is 6.52. The summed E-state index contributed by atoms with van der Waals surface area (Å²) in [5.74, 6) is -1.23. The van der Waals surface area contributed by atoms with Crippen molar-refractivity contribution >= 4 is 11.6 Å². The molecule has 0 spiro atoms. The smallest absolute Gasteiger partial charge is 0.309 e. The van der Waals surface area contributed by atoms with Gasteiger partial charge in [-0.15, -0.1) is 0 Å². The molecule has 0 radical (unpaired) electrons. The quantitative estimate of drug-likeness (QED) is 0.861. The number of nitrogens with one attached hydrogen (secondary N) is 1. The fraction of sp³-hybridized carbons (Fsp3) is 0.571. The standard InChI is InChI=1S/C14H17ClF3N/c15-12-7-3-1-5-10(12)9-19-13-8-4-2-6-11(13)14(16,17)18/h1,3,5,7,11,13,19H,2,4,6,8-9H2. The molecule has 1 aromatic carbocycles. The highest BCUT2D eigenvalue weighted by Crippen LogP contribution is 2.37. The zero-order chi connectivity index (χ0) is 13.9. The van der Waals surface area contributed by atoms with Crippen LogP contribution < -0.4 is 5.32 Å². The molecular formula is C14H17ClF3N. The molecule has 0 heterocycles. The molecule has 2 rings (SSSR count). The molecule has 1 aliphatic carbocycles. The third-order valence-corrected chi connectivity index (χ3v) is 4.07. The van der Waals surface area contributed by atoms with E-state index in [1.54, 1.807) is 6.07 Å². The molecule has 1 aliphatic rings. The Hall–Kier alpha value is -0.740. The van der Waals surface area contributed by atoms with E-state index in [-0.39, 0.29) is 6.42 Å². The SMILES string of the molecule is FC(F)(F)C1CCCCC1NCc1ccccc1Cl. The van der Waals surface area contributed by atoms with Crippen molar-refractivity contribution in [2.24, 2.45) is 5.92 Å². The Bertz CT molecular complexity index is 419. The van der Waals surface area contributed by atoms with E-state index in [9.17, 15) is 13.2 Å². The normalized spacial score (nSPS) is 24.4. The van der Waals surface area contributed by atoms with E-state index in [4.69, 9.17) is 11.6 Å². The molecule has 0 saturated heterocycles. The maximum atomic E-state index is 12.9. The first-order chi connectivity index (χ1) is 8.98. The summed E-state index contributed by atoms with van der Waals surface area (Å²) in [6.45, 7) is 0.386. The minimum absolute atomic E-state index is 0.226. The van der Waals surface area contributed by atoms with E-state index in [0.717, 1.165) is 12.0 Å². The lowest BCUT2D eigenvalue weighted by molar-refractivity contribution is -0.189. The summed E-state index contributed by atoms with van der Waals surface area (Å²) in [5.41, 5.74) is 0.843. The second-order valence-corrected chi connectivity index (χ2v) is 5.42. The summed E-state index contributed by atoms with van der Waals surface area (Å²) in [6.07, 6.45) is -1.79. The van der Waals surface area contributed by atoms with E-state index in [2.05, 4.69) is 5.32 Å². The average molecular weight is 292 g/mol. The molecule has 1 saturated carbocycles. The summed E-state index contributed by atoms with van der Waals surface area (Å²) in [7, 11) is 0. The van der Waals surface area contributed by atoms with E-state index >= 15 is 0 Å². The lowest BCUT2D eigenvalue weighted by Crippen LogP contribution is -2.45. The van der Waals surface area contributed by atoms with Crippen LogP contribution in [0.3, 0.4) is 0 Å². The van der Waals surface area contributed by atoms with Crippen molar-refractivity contribution in [1.29, 1.82) is 0 Å². The number of hydrogen-bond donors (Lipinski definition) is 1. The average Bonchev–Trinajstić information content (AvgIpc) is 2.37. The van der Waals surface area contributed by atoms with Crippen molar-refractivity contribution in [2.45, 2.75) is 44.4 Å². The van der Waals surface area contributed by atoms with Gasteiger partial charge in [0.1, 0.15) is 0 Å². The van der Waals surface area contributed by atoms with E-state index in [0.29, 0.717) is 24.4 Å². The topological polar surface area (TPSA) is 12.0 Å². The molecule has 1 N–H and O–H groups in total. The third kappa shape index (κ3) is 3.86. The van der Waals surface area contributed by atoms with E-state index < -0.39 is 18.1 Å². The van der Waals surface area contributed by atoms with Crippen molar-refractivity contribution < 1.29 is 13.2 Å². The van der Waals surface area contributed by atoms with Gasteiger partial charge in [0, 0.05) is 17.6 Å². The Balaban J connectivity index is 1.99. The summed E-state index contributed by atoms with van der Waals surface area (Å²) < 4.78 is 38.8. The van der Waals surface area contributed by atoms with Crippen molar-refractivity contribution in [2.75, 3.05) is 0 Å². The molecular weight excluding hydrogens is 275 g/mol. The monoisotopic (exact) mass is 291 g/mol. The number of benzene rings is 1. The van der Waals surface area contributed by atoms with Gasteiger partial charge >= 0.3 is 6.18 Å². The maximum absolute atomic E-state index is 12.9. The Morgan fingerprint density at radius 1 is 1.16 bits per heavy atom. The lowest BCUT2D eigenvalue weighted by Gasteiger charge is -2.33. The first kappa shape index (κ1) is 14.7. The molecule has 19 heavy (non-hydrogen) atoms. The Morgan fingerprint density at radius 2 is 1.84 bits per heavy atom. The second kappa shape index (κ2) is 6.14. The largest absolute Gasteiger partial charge is 0.393 e. The Kier molecular flexibility index (Phi) is 4.74. The Morgan fingerprint density at radius 3 is 2.53 bits per heavy atom. The van der Waals surface area contributed by atoms with Crippen molar-refractivity contribution in [3.8, 4) is 0 Å². The molecule has 1 nitrogen and oxygen atoms in total. The number of alkyl halides is 3. The van der Waals surface area contributed by atoms with Crippen LogP contribution in [0.15, 0.2) is 24.3 Å². The van der Waals surface area contributed by atoms with E-state index in [1.807, 2.05) is 18.2 Å². The van der Waals surface area contributed by atoms with Crippen molar-refractivity contribution in [3.63, 3.8) is 0 Å². The molecule has 1 fully saturated rings. The lowest BCUT2D eigenvalue weighted by atomic mass is 9.84. The van der Waals surface area contributed by atoms with Crippen LogP contribution in [0.1, 0.15) is 31.2 Å². The van der Waals surface area contributed by atoms with Gasteiger partial charge in [-0.1, -0.05) is 42.6 Å². The molecule has 2 atom stereocenters. The highest BCUT2D eigenvalue weighted by molar-refractivity contribution is 6.31. The highest BCUT2D eigenvalue weighted by atomic mass is 35.5. The number of rotatable bonds is 3. The minimum Gasteiger partial charge on any atom is -0.309 e. The van der Waals surface area contributed by atoms with Crippen molar-refractivity contribution in [3.05, 3.63) is 34.9 Å². The van der Waals surface area contributed by atoms with Gasteiger partial charge in [0.05, 0.1) is 5.92 Å². The maximum Gasteiger partial charge on any atom is 0.393 e. The van der Waals surface area contributed by atoms with Crippen LogP contribution in [0.2, 0.25) is 5.02 Å². The highest BCUT2D eigenvalue weighted by Gasteiger charge is 2.45. The fourth-order valence-electron chi connectivity index (χ4n) is 2.65. The van der Waals surface area contributed by atoms with Crippen LogP contribution >= 0.6 is 11.6 Å². The van der Waals surface area contributed by atoms with Crippen LogP contribution in [-0.2, 0) is 6.54 Å². The molecule has 0 bridgehead atoms. The van der Waals surface area contributed by atoms with Gasteiger partial charge < -0.3 is 5.32 Å². The van der Waals surface area contributed by atoms with Gasteiger partial charge in [-0.3, -0.25) is 0 Å². The van der Waals surface area contributed by atoms with Gasteiger partial charge in [-0.05, 0) is 24.5 Å². The predicted octanol–water partition coefficient (Wildman–Crippen LogP) is 4.55. The molecule has 0 amide bonds. The summed E-state index contributed by atoms with van der Waals surface area (Å²) in [4.78, 5) is 0. The minimum atomic E-state index is -4.11. The number of halogens is 4. The summed E-state index contributed by atoms with van der Waals surface area (Å²) in [6, 6.07) is 6.74. The van der Waals surface area contributed by atoms with Crippen LogP contribution in [-0.4, -0.2) is 12.2 Å². The van der Waals surface area contributed by atoms with Crippen LogP contribution in [0.25, 0.3) is 0 Å². The first-order valence-corrected chi connectivity index (χ1v) is 6.90. The van der Waals surface area contributed by atoms with Crippen LogP contribution in [0.4, 0.5) is 13.2 Å². The second-order valence-electron chi connectivity index (χ2n) is 5.01. The van der Waals surface area contributed by atoms with Crippen LogP contribution in [0.5, 0.6) is 0 Å². The summed E-state index contributed by atoms with van der Waals surface area (Å²) in [5, 5.41) is 3.62. The van der Waals surface area contributed by atoms with Gasteiger partial charge in [0.2, 0.25) is 0 Å². The Labute approximate surface area is 116 Å². The van der Waals surface area contributed by atoms with Crippen LogP contribution in [0, 0.1) is 5.92 Å². The van der Waals surface area contributed by atoms with Gasteiger partial charge in [0.25, 0.3) is 0 Å². The molecule has 2 unspecified atom stereocenters. The molecule has 106 valence electrons. The predicted molar refractivity (Wildman–Crippen MR) is 70.1 cm³/mol. The summed E-state index contributed by atoms with van der Waals surface area (Å²) >= 11 is 6.01. The van der Waals surface area contributed by atoms with Crippen molar-refractivity contribution in [1.82, 2.24) is 5.32 Å². The van der Waals surface area contributed by atoms with E-state index in [1.165, 1.54) is 0 Å². The molecule has 5 heteroatoms. The van der Waals surface area contributed by atoms with Gasteiger partial charge in [0.15, 0.2) is 0 Å². The molecule has 0 aromatic heterocycles. The van der Waals surface area contributed by atoms with Gasteiger partial charge in [-0.25, -0.2) is 0 Å². The third-order valence-electron chi connectivity index (χ3n) is 3.70. The molecule has 1 aromatic rings. The zero-order valence-corrected chi connectivity index (χ0v) is 11.3. The zero-order valence-electron chi connectivity index (χ0n) is 10.5. The molecule has 0 aliphatic heterocycles. The van der Waals surface area contributed by atoms with Gasteiger partial charge in [-0.2, -0.15) is 13.2 Å². The number of hydrogen-bond acceptors (Lipinski definition) is 1. The fourth-order valence-corrected chi connectivity index (χ4v) is 2.85.